The van der Waals surface area contributed by atoms with Crippen molar-refractivity contribution >= 4 is 21.6 Å². The Labute approximate surface area is 111 Å². The Morgan fingerprint density at radius 2 is 2.18 bits per heavy atom. The van der Waals surface area contributed by atoms with Crippen LogP contribution in [0.3, 0.4) is 0 Å². The summed E-state index contributed by atoms with van der Waals surface area (Å²) in [5.74, 6) is 0. The number of aliphatic hydroxyl groups excluding tert-OH is 1. The first kappa shape index (κ1) is 12.9. The number of anilines is 1. The monoisotopic (exact) mass is 299 g/mol. The minimum Gasteiger partial charge on any atom is -0.389 e. The van der Waals surface area contributed by atoms with E-state index in [0.717, 1.165) is 48.4 Å². The molecule has 0 aliphatic carbocycles. The molecule has 17 heavy (non-hydrogen) atoms. The number of aliphatic hydroxyl groups is 1. The van der Waals surface area contributed by atoms with E-state index in [1.807, 2.05) is 12.1 Å². The molecule has 1 aliphatic rings. The largest absolute Gasteiger partial charge is 0.389 e. The maximum atomic E-state index is 9.82. The van der Waals surface area contributed by atoms with Crippen molar-refractivity contribution in [3.8, 4) is 0 Å². The van der Waals surface area contributed by atoms with Crippen molar-refractivity contribution in [3.05, 3.63) is 28.2 Å². The molecule has 1 N–H and O–H groups in total. The molecule has 2 rings (SSSR count). The van der Waals surface area contributed by atoms with Gasteiger partial charge in [-0.25, -0.2) is 0 Å². The van der Waals surface area contributed by atoms with Crippen LogP contribution in [0.1, 0.15) is 25.0 Å². The van der Waals surface area contributed by atoms with Gasteiger partial charge >= 0.3 is 0 Å². The Morgan fingerprint density at radius 1 is 1.35 bits per heavy atom. The van der Waals surface area contributed by atoms with Gasteiger partial charge in [-0.15, -0.1) is 0 Å². The van der Waals surface area contributed by atoms with Crippen LogP contribution in [0, 0.1) is 0 Å². The van der Waals surface area contributed by atoms with Crippen molar-refractivity contribution in [2.24, 2.45) is 0 Å². The molecular weight excluding hydrogens is 282 g/mol. The lowest BCUT2D eigenvalue weighted by atomic mass is 10.1. The third kappa shape index (κ3) is 3.21. The highest BCUT2D eigenvalue weighted by atomic mass is 79.9. The molecule has 0 saturated carbocycles. The lowest BCUT2D eigenvalue weighted by Gasteiger charge is -2.26. The van der Waals surface area contributed by atoms with Crippen molar-refractivity contribution in [1.29, 1.82) is 0 Å². The second-order valence-corrected chi connectivity index (χ2v) is 5.25. The lowest BCUT2D eigenvalue weighted by molar-refractivity contribution is 0.152. The molecule has 0 aromatic heterocycles. The standard InChI is InChI=1S/C13H18BrNO2/c1-10(16)12-4-3-11(14)9-13(12)15-5-2-7-17-8-6-15/h3-4,9-10,16H,2,5-8H2,1H3. The van der Waals surface area contributed by atoms with Crippen LogP contribution in [0.2, 0.25) is 0 Å². The lowest BCUT2D eigenvalue weighted by Crippen LogP contribution is -2.27. The van der Waals surface area contributed by atoms with Gasteiger partial charge in [0.05, 0.1) is 12.7 Å². The van der Waals surface area contributed by atoms with E-state index in [1.54, 1.807) is 6.92 Å². The van der Waals surface area contributed by atoms with Crippen molar-refractivity contribution < 1.29 is 9.84 Å². The SMILES string of the molecule is CC(O)c1ccc(Br)cc1N1CCCOCC1. The van der Waals surface area contributed by atoms with Crippen LogP contribution < -0.4 is 4.90 Å². The van der Waals surface area contributed by atoms with Gasteiger partial charge in [-0.3, -0.25) is 0 Å². The van der Waals surface area contributed by atoms with Crippen LogP contribution in [0.15, 0.2) is 22.7 Å². The van der Waals surface area contributed by atoms with Gasteiger partial charge in [-0.05, 0) is 25.5 Å². The van der Waals surface area contributed by atoms with E-state index in [4.69, 9.17) is 4.74 Å². The van der Waals surface area contributed by atoms with E-state index in [2.05, 4.69) is 26.9 Å². The highest BCUT2D eigenvalue weighted by Crippen LogP contribution is 2.30. The van der Waals surface area contributed by atoms with Crippen LogP contribution in [-0.2, 0) is 4.74 Å². The first-order chi connectivity index (χ1) is 8.18. The van der Waals surface area contributed by atoms with Gasteiger partial charge in [-0.2, -0.15) is 0 Å². The van der Waals surface area contributed by atoms with Crippen molar-refractivity contribution in [2.75, 3.05) is 31.2 Å². The number of benzene rings is 1. The Hall–Kier alpha value is -0.580. The molecule has 1 unspecified atom stereocenters. The van der Waals surface area contributed by atoms with E-state index in [1.165, 1.54) is 0 Å². The quantitative estimate of drug-likeness (QED) is 0.911. The number of rotatable bonds is 2. The van der Waals surface area contributed by atoms with E-state index < -0.39 is 6.10 Å². The molecule has 0 radical (unpaired) electrons. The number of nitrogens with zero attached hydrogens (tertiary/aromatic N) is 1. The second kappa shape index (κ2) is 5.85. The maximum absolute atomic E-state index is 9.82. The van der Waals surface area contributed by atoms with Crippen LogP contribution in [-0.4, -0.2) is 31.4 Å². The van der Waals surface area contributed by atoms with Crippen LogP contribution in [0.4, 0.5) is 5.69 Å². The maximum Gasteiger partial charge on any atom is 0.0782 e. The summed E-state index contributed by atoms with van der Waals surface area (Å²) in [6.45, 7) is 5.26. The average Bonchev–Trinajstić information content (AvgIpc) is 2.56. The summed E-state index contributed by atoms with van der Waals surface area (Å²) in [7, 11) is 0. The molecule has 0 spiro atoms. The zero-order valence-electron chi connectivity index (χ0n) is 10.0. The zero-order chi connectivity index (χ0) is 12.3. The molecule has 94 valence electrons. The summed E-state index contributed by atoms with van der Waals surface area (Å²) < 4.78 is 6.50. The Kier molecular flexibility index (Phi) is 4.42. The van der Waals surface area contributed by atoms with Gasteiger partial charge in [0.25, 0.3) is 0 Å². The highest BCUT2D eigenvalue weighted by molar-refractivity contribution is 9.10. The number of ether oxygens (including phenoxy) is 1. The second-order valence-electron chi connectivity index (χ2n) is 4.33. The number of hydrogen-bond acceptors (Lipinski definition) is 3. The minimum atomic E-state index is -0.442. The predicted molar refractivity (Wildman–Crippen MR) is 72.4 cm³/mol. The molecule has 1 saturated heterocycles. The molecule has 1 atom stereocenters. The summed E-state index contributed by atoms with van der Waals surface area (Å²) >= 11 is 3.49. The van der Waals surface area contributed by atoms with Crippen molar-refractivity contribution in [1.82, 2.24) is 0 Å². The summed E-state index contributed by atoms with van der Waals surface area (Å²) in [5.41, 5.74) is 2.09. The molecule has 0 amide bonds. The predicted octanol–water partition coefficient (Wildman–Crippen LogP) is 2.73. The Bertz CT molecular complexity index is 374. The van der Waals surface area contributed by atoms with Gasteiger partial charge in [-0.1, -0.05) is 22.0 Å². The summed E-state index contributed by atoms with van der Waals surface area (Å²) in [6.07, 6.45) is 0.591. The summed E-state index contributed by atoms with van der Waals surface area (Å²) in [5, 5.41) is 9.82. The molecule has 1 heterocycles. The van der Waals surface area contributed by atoms with Crippen LogP contribution in [0.25, 0.3) is 0 Å². The van der Waals surface area contributed by atoms with Gasteiger partial charge in [0.1, 0.15) is 0 Å². The van der Waals surface area contributed by atoms with Gasteiger partial charge < -0.3 is 14.7 Å². The van der Waals surface area contributed by atoms with Crippen molar-refractivity contribution in [2.45, 2.75) is 19.4 Å². The fraction of sp³-hybridized carbons (Fsp3) is 0.538. The van der Waals surface area contributed by atoms with Gasteiger partial charge in [0.15, 0.2) is 0 Å². The normalized spacial score (nSPS) is 18.9. The van der Waals surface area contributed by atoms with E-state index in [0.29, 0.717) is 0 Å². The molecule has 3 nitrogen and oxygen atoms in total. The van der Waals surface area contributed by atoms with E-state index in [9.17, 15) is 5.11 Å². The zero-order valence-corrected chi connectivity index (χ0v) is 11.6. The minimum absolute atomic E-state index is 0.442. The fourth-order valence-corrected chi connectivity index (χ4v) is 2.48. The summed E-state index contributed by atoms with van der Waals surface area (Å²) in [6, 6.07) is 6.03. The fourth-order valence-electron chi connectivity index (χ4n) is 2.13. The molecule has 1 aromatic rings. The molecule has 1 aromatic carbocycles. The number of hydrogen-bond donors (Lipinski definition) is 1. The molecular formula is C13H18BrNO2. The molecule has 1 fully saturated rings. The Morgan fingerprint density at radius 3 is 2.94 bits per heavy atom. The Balaban J connectivity index is 2.30. The highest BCUT2D eigenvalue weighted by Gasteiger charge is 2.16. The van der Waals surface area contributed by atoms with Crippen LogP contribution >= 0.6 is 15.9 Å². The first-order valence-electron chi connectivity index (χ1n) is 5.98. The van der Waals surface area contributed by atoms with Crippen molar-refractivity contribution in [3.63, 3.8) is 0 Å². The van der Waals surface area contributed by atoms with Gasteiger partial charge in [0, 0.05) is 35.4 Å². The molecule has 1 aliphatic heterocycles. The van der Waals surface area contributed by atoms with Gasteiger partial charge in [0.2, 0.25) is 0 Å². The molecule has 4 heteroatoms. The topological polar surface area (TPSA) is 32.7 Å². The third-order valence-electron chi connectivity index (χ3n) is 3.01. The summed E-state index contributed by atoms with van der Waals surface area (Å²) in [4.78, 5) is 2.29. The van der Waals surface area contributed by atoms with E-state index >= 15 is 0 Å². The average molecular weight is 300 g/mol. The first-order valence-corrected chi connectivity index (χ1v) is 6.78. The third-order valence-corrected chi connectivity index (χ3v) is 3.50. The molecule has 0 bridgehead atoms. The number of halogens is 1. The van der Waals surface area contributed by atoms with E-state index in [-0.39, 0.29) is 0 Å². The smallest absolute Gasteiger partial charge is 0.0782 e. The van der Waals surface area contributed by atoms with Crippen LogP contribution in [0.5, 0.6) is 0 Å².